The quantitative estimate of drug-likeness (QED) is 0.680. The van der Waals surface area contributed by atoms with Crippen molar-refractivity contribution in [2.24, 2.45) is 0 Å². The van der Waals surface area contributed by atoms with Crippen LogP contribution in [0, 0.1) is 5.82 Å². The first-order chi connectivity index (χ1) is 8.56. The molecule has 0 radical (unpaired) electrons. The molecule has 96 valence electrons. The summed E-state index contributed by atoms with van der Waals surface area (Å²) in [4.78, 5) is 0.758. The number of nitrogens with zero attached hydrogens (tertiary/aromatic N) is 2. The van der Waals surface area contributed by atoms with E-state index in [0.29, 0.717) is 17.5 Å². The Morgan fingerprint density at radius 3 is 2.83 bits per heavy atom. The highest BCUT2D eigenvalue weighted by molar-refractivity contribution is 7.98. The standard InChI is InChI=1S/C13H16FN3S/c1-9(2)17-6-5-11(16-17)8-18-13-7-10(14)3-4-12(13)15/h3-7,9H,8,15H2,1-2H3. The minimum atomic E-state index is -0.264. The molecule has 2 rings (SSSR count). The van der Waals surface area contributed by atoms with Crippen LogP contribution in [0.2, 0.25) is 0 Å². The van der Waals surface area contributed by atoms with Crippen LogP contribution in [0.5, 0.6) is 0 Å². The molecule has 0 aliphatic heterocycles. The minimum absolute atomic E-state index is 0.264. The van der Waals surface area contributed by atoms with Gasteiger partial charge in [-0.3, -0.25) is 4.68 Å². The minimum Gasteiger partial charge on any atom is -0.398 e. The largest absolute Gasteiger partial charge is 0.398 e. The van der Waals surface area contributed by atoms with Gasteiger partial charge in [0.15, 0.2) is 0 Å². The number of aromatic nitrogens is 2. The normalized spacial score (nSPS) is 11.1. The van der Waals surface area contributed by atoms with Gasteiger partial charge in [0.25, 0.3) is 0 Å². The average Bonchev–Trinajstić information content (AvgIpc) is 2.79. The number of halogens is 1. The van der Waals surface area contributed by atoms with Gasteiger partial charge in [-0.2, -0.15) is 5.10 Å². The third-order valence-electron chi connectivity index (χ3n) is 2.54. The first-order valence-electron chi connectivity index (χ1n) is 5.78. The van der Waals surface area contributed by atoms with Gasteiger partial charge in [0.2, 0.25) is 0 Å². The maximum atomic E-state index is 13.1. The van der Waals surface area contributed by atoms with Crippen molar-refractivity contribution < 1.29 is 4.39 Å². The second-order valence-electron chi connectivity index (χ2n) is 4.35. The van der Waals surface area contributed by atoms with E-state index in [-0.39, 0.29) is 5.82 Å². The van der Waals surface area contributed by atoms with Crippen LogP contribution in [0.4, 0.5) is 10.1 Å². The molecule has 0 aliphatic rings. The van der Waals surface area contributed by atoms with E-state index >= 15 is 0 Å². The van der Waals surface area contributed by atoms with Crippen molar-refractivity contribution in [3.8, 4) is 0 Å². The lowest BCUT2D eigenvalue weighted by atomic mass is 10.3. The van der Waals surface area contributed by atoms with Gasteiger partial charge < -0.3 is 5.73 Å². The zero-order valence-electron chi connectivity index (χ0n) is 10.4. The summed E-state index contributed by atoms with van der Waals surface area (Å²) < 4.78 is 15.0. The molecule has 1 heterocycles. The van der Waals surface area contributed by atoms with Crippen molar-refractivity contribution in [3.63, 3.8) is 0 Å². The summed E-state index contributed by atoms with van der Waals surface area (Å²) in [5.41, 5.74) is 7.37. The molecule has 0 aliphatic carbocycles. The summed E-state index contributed by atoms with van der Waals surface area (Å²) in [5.74, 6) is 0.423. The van der Waals surface area contributed by atoms with Crippen molar-refractivity contribution in [2.75, 3.05) is 5.73 Å². The fourth-order valence-corrected chi connectivity index (χ4v) is 2.41. The van der Waals surface area contributed by atoms with E-state index in [1.807, 2.05) is 16.9 Å². The maximum Gasteiger partial charge on any atom is 0.124 e. The molecule has 0 spiro atoms. The van der Waals surface area contributed by atoms with Gasteiger partial charge in [0.1, 0.15) is 5.82 Å². The van der Waals surface area contributed by atoms with Gasteiger partial charge in [-0.15, -0.1) is 11.8 Å². The Bertz CT molecular complexity index is 537. The Balaban J connectivity index is 2.04. The highest BCUT2D eigenvalue weighted by atomic mass is 32.2. The molecule has 1 aromatic heterocycles. The fourth-order valence-electron chi connectivity index (χ4n) is 1.53. The van der Waals surface area contributed by atoms with E-state index < -0.39 is 0 Å². The number of benzene rings is 1. The van der Waals surface area contributed by atoms with Gasteiger partial charge in [0.05, 0.1) is 5.69 Å². The lowest BCUT2D eigenvalue weighted by molar-refractivity contribution is 0.529. The zero-order valence-corrected chi connectivity index (χ0v) is 11.2. The van der Waals surface area contributed by atoms with Gasteiger partial charge in [-0.25, -0.2) is 4.39 Å². The van der Waals surface area contributed by atoms with Gasteiger partial charge in [-0.1, -0.05) is 0 Å². The molecular weight excluding hydrogens is 249 g/mol. The first-order valence-corrected chi connectivity index (χ1v) is 6.76. The van der Waals surface area contributed by atoms with Crippen LogP contribution in [0.3, 0.4) is 0 Å². The molecular formula is C13H16FN3S. The van der Waals surface area contributed by atoms with E-state index in [4.69, 9.17) is 5.73 Å². The van der Waals surface area contributed by atoms with Crippen LogP contribution in [0.1, 0.15) is 25.6 Å². The number of rotatable bonds is 4. The van der Waals surface area contributed by atoms with Crippen LogP contribution < -0.4 is 5.73 Å². The van der Waals surface area contributed by atoms with E-state index in [0.717, 1.165) is 10.6 Å². The first kappa shape index (κ1) is 13.0. The summed E-state index contributed by atoms with van der Waals surface area (Å²) in [6, 6.07) is 6.74. The molecule has 5 heteroatoms. The number of nitrogens with two attached hydrogens (primary N) is 1. The van der Waals surface area contributed by atoms with E-state index in [2.05, 4.69) is 18.9 Å². The Labute approximate surface area is 110 Å². The Kier molecular flexibility index (Phi) is 3.91. The van der Waals surface area contributed by atoms with Crippen LogP contribution in [0.15, 0.2) is 35.4 Å². The number of hydrogen-bond donors (Lipinski definition) is 1. The summed E-state index contributed by atoms with van der Waals surface area (Å²) in [6.45, 7) is 4.16. The molecule has 3 nitrogen and oxygen atoms in total. The van der Waals surface area contributed by atoms with Gasteiger partial charge in [0, 0.05) is 28.6 Å². The number of anilines is 1. The predicted octanol–water partition coefficient (Wildman–Crippen LogP) is 3.48. The number of thioether (sulfide) groups is 1. The fraction of sp³-hybridized carbons (Fsp3) is 0.308. The molecule has 0 saturated carbocycles. The zero-order chi connectivity index (χ0) is 13.1. The molecule has 0 amide bonds. The summed E-state index contributed by atoms with van der Waals surface area (Å²) >= 11 is 1.50. The Hall–Kier alpha value is -1.49. The highest BCUT2D eigenvalue weighted by Crippen LogP contribution is 2.28. The molecule has 0 atom stereocenters. The number of nitrogen functional groups attached to an aromatic ring is 1. The van der Waals surface area contributed by atoms with Crippen LogP contribution in [-0.2, 0) is 5.75 Å². The molecule has 0 fully saturated rings. The average molecular weight is 265 g/mol. The maximum absolute atomic E-state index is 13.1. The van der Waals surface area contributed by atoms with Crippen molar-refractivity contribution in [1.29, 1.82) is 0 Å². The van der Waals surface area contributed by atoms with Crippen molar-refractivity contribution >= 4 is 17.4 Å². The SMILES string of the molecule is CC(C)n1ccc(CSc2cc(F)ccc2N)n1. The molecule has 1 aromatic carbocycles. The highest BCUT2D eigenvalue weighted by Gasteiger charge is 2.05. The van der Waals surface area contributed by atoms with Crippen molar-refractivity contribution in [2.45, 2.75) is 30.5 Å². The molecule has 2 N–H and O–H groups in total. The van der Waals surface area contributed by atoms with Crippen LogP contribution >= 0.6 is 11.8 Å². The van der Waals surface area contributed by atoms with E-state index in [1.165, 1.54) is 23.9 Å². The summed E-state index contributed by atoms with van der Waals surface area (Å²) in [7, 11) is 0. The molecule has 2 aromatic rings. The lowest BCUT2D eigenvalue weighted by Gasteiger charge is -2.05. The summed E-state index contributed by atoms with van der Waals surface area (Å²) in [5, 5.41) is 4.44. The topological polar surface area (TPSA) is 43.8 Å². The monoisotopic (exact) mass is 265 g/mol. The number of hydrogen-bond acceptors (Lipinski definition) is 3. The molecule has 0 unspecified atom stereocenters. The molecule has 18 heavy (non-hydrogen) atoms. The predicted molar refractivity (Wildman–Crippen MR) is 73.0 cm³/mol. The van der Waals surface area contributed by atoms with Gasteiger partial charge in [-0.05, 0) is 38.1 Å². The van der Waals surface area contributed by atoms with E-state index in [1.54, 1.807) is 6.07 Å². The third-order valence-corrected chi connectivity index (χ3v) is 3.65. The third kappa shape index (κ3) is 3.04. The molecule has 0 saturated heterocycles. The van der Waals surface area contributed by atoms with Crippen LogP contribution in [0.25, 0.3) is 0 Å². The van der Waals surface area contributed by atoms with Gasteiger partial charge >= 0.3 is 0 Å². The van der Waals surface area contributed by atoms with Crippen LogP contribution in [-0.4, -0.2) is 9.78 Å². The molecule has 0 bridgehead atoms. The summed E-state index contributed by atoms with van der Waals surface area (Å²) in [6.07, 6.45) is 1.95. The van der Waals surface area contributed by atoms with E-state index in [9.17, 15) is 4.39 Å². The van der Waals surface area contributed by atoms with Crippen molar-refractivity contribution in [3.05, 3.63) is 42.0 Å². The lowest BCUT2D eigenvalue weighted by Crippen LogP contribution is -2.01. The van der Waals surface area contributed by atoms with Crippen molar-refractivity contribution in [1.82, 2.24) is 9.78 Å². The second kappa shape index (κ2) is 5.44. The Morgan fingerprint density at radius 2 is 2.17 bits per heavy atom. The second-order valence-corrected chi connectivity index (χ2v) is 5.37. The Morgan fingerprint density at radius 1 is 1.39 bits per heavy atom. The smallest absolute Gasteiger partial charge is 0.124 e.